The fourth-order valence-corrected chi connectivity index (χ4v) is 2.26. The van der Waals surface area contributed by atoms with Gasteiger partial charge < -0.3 is 10.6 Å². The van der Waals surface area contributed by atoms with Crippen LogP contribution in [-0.2, 0) is 4.79 Å². The molecule has 0 saturated carbocycles. The predicted molar refractivity (Wildman–Crippen MR) is 88.6 cm³/mol. The first-order valence-corrected chi connectivity index (χ1v) is 7.31. The normalized spacial score (nSPS) is 10.1. The van der Waals surface area contributed by atoms with Gasteiger partial charge in [0.05, 0.1) is 22.3 Å². The van der Waals surface area contributed by atoms with Gasteiger partial charge in [0.15, 0.2) is 0 Å². The SMILES string of the molecule is Cc1ccc(C(=O)NCC(=O)Nc2c(Cl)cccc2Cl)cc1. The molecule has 2 amide bonds. The van der Waals surface area contributed by atoms with Crippen LogP contribution in [0, 0.1) is 6.92 Å². The Balaban J connectivity index is 1.93. The van der Waals surface area contributed by atoms with Gasteiger partial charge in [0, 0.05) is 5.56 Å². The maximum Gasteiger partial charge on any atom is 0.251 e. The molecule has 0 aliphatic heterocycles. The number of anilines is 1. The first-order valence-electron chi connectivity index (χ1n) is 6.56. The van der Waals surface area contributed by atoms with E-state index in [0.717, 1.165) is 5.56 Å². The van der Waals surface area contributed by atoms with Crippen molar-refractivity contribution in [3.05, 3.63) is 63.6 Å². The van der Waals surface area contributed by atoms with Crippen LogP contribution in [0.1, 0.15) is 15.9 Å². The number of hydrogen-bond acceptors (Lipinski definition) is 2. The van der Waals surface area contributed by atoms with Gasteiger partial charge in [-0.15, -0.1) is 0 Å². The van der Waals surface area contributed by atoms with Crippen LogP contribution in [0.25, 0.3) is 0 Å². The number of rotatable bonds is 4. The van der Waals surface area contributed by atoms with Crippen LogP contribution >= 0.6 is 23.2 Å². The van der Waals surface area contributed by atoms with E-state index in [4.69, 9.17) is 23.2 Å². The lowest BCUT2D eigenvalue weighted by molar-refractivity contribution is -0.115. The van der Waals surface area contributed by atoms with Crippen molar-refractivity contribution in [1.82, 2.24) is 5.32 Å². The Labute approximate surface area is 138 Å². The van der Waals surface area contributed by atoms with Crippen molar-refractivity contribution >= 4 is 40.7 Å². The molecule has 0 aliphatic carbocycles. The van der Waals surface area contributed by atoms with Crippen molar-refractivity contribution in [2.45, 2.75) is 6.92 Å². The van der Waals surface area contributed by atoms with Crippen LogP contribution in [0.2, 0.25) is 10.0 Å². The minimum Gasteiger partial charge on any atom is -0.343 e. The van der Waals surface area contributed by atoms with E-state index in [2.05, 4.69) is 10.6 Å². The minimum absolute atomic E-state index is 0.172. The number of benzene rings is 2. The lowest BCUT2D eigenvalue weighted by Gasteiger charge is -2.10. The molecule has 0 saturated heterocycles. The molecule has 114 valence electrons. The molecular formula is C16H14Cl2N2O2. The summed E-state index contributed by atoms with van der Waals surface area (Å²) in [5, 5.41) is 5.79. The third-order valence-electron chi connectivity index (χ3n) is 2.95. The van der Waals surface area contributed by atoms with Crippen molar-refractivity contribution in [3.63, 3.8) is 0 Å². The van der Waals surface area contributed by atoms with Gasteiger partial charge in [-0.1, -0.05) is 47.0 Å². The van der Waals surface area contributed by atoms with Crippen molar-refractivity contribution in [3.8, 4) is 0 Å². The van der Waals surface area contributed by atoms with Crippen molar-refractivity contribution < 1.29 is 9.59 Å². The number of carbonyl (C=O) groups is 2. The first-order chi connectivity index (χ1) is 10.5. The highest BCUT2D eigenvalue weighted by Gasteiger charge is 2.11. The van der Waals surface area contributed by atoms with Gasteiger partial charge in [-0.25, -0.2) is 0 Å². The average Bonchev–Trinajstić information content (AvgIpc) is 2.49. The van der Waals surface area contributed by atoms with E-state index in [0.29, 0.717) is 21.3 Å². The Morgan fingerprint density at radius 1 is 1.00 bits per heavy atom. The smallest absolute Gasteiger partial charge is 0.251 e. The Morgan fingerprint density at radius 2 is 1.59 bits per heavy atom. The third kappa shape index (κ3) is 4.23. The number of nitrogens with one attached hydrogen (secondary N) is 2. The van der Waals surface area contributed by atoms with E-state index < -0.39 is 5.91 Å². The summed E-state index contributed by atoms with van der Waals surface area (Å²) < 4.78 is 0. The minimum atomic E-state index is -0.407. The summed E-state index contributed by atoms with van der Waals surface area (Å²) in [6.45, 7) is 1.76. The van der Waals surface area contributed by atoms with E-state index in [1.54, 1.807) is 30.3 Å². The third-order valence-corrected chi connectivity index (χ3v) is 3.58. The average molecular weight is 337 g/mol. The largest absolute Gasteiger partial charge is 0.343 e. The van der Waals surface area contributed by atoms with Crippen LogP contribution < -0.4 is 10.6 Å². The van der Waals surface area contributed by atoms with Crippen LogP contribution in [0.15, 0.2) is 42.5 Å². The zero-order chi connectivity index (χ0) is 16.1. The van der Waals surface area contributed by atoms with Crippen LogP contribution in [-0.4, -0.2) is 18.4 Å². The lowest BCUT2D eigenvalue weighted by Crippen LogP contribution is -2.32. The molecule has 0 radical (unpaired) electrons. The quantitative estimate of drug-likeness (QED) is 0.894. The van der Waals surface area contributed by atoms with E-state index in [1.807, 2.05) is 19.1 Å². The second kappa shape index (κ2) is 7.29. The monoisotopic (exact) mass is 336 g/mol. The molecule has 0 fully saturated rings. The number of amides is 2. The van der Waals surface area contributed by atoms with Gasteiger partial charge in [0.2, 0.25) is 5.91 Å². The molecular weight excluding hydrogens is 323 g/mol. The summed E-state index contributed by atoms with van der Waals surface area (Å²) in [5.74, 6) is -0.726. The van der Waals surface area contributed by atoms with Gasteiger partial charge in [0.25, 0.3) is 5.91 Å². The summed E-state index contributed by atoms with van der Waals surface area (Å²) in [6.07, 6.45) is 0. The fraction of sp³-hybridized carbons (Fsp3) is 0.125. The maximum atomic E-state index is 11.9. The molecule has 2 aromatic carbocycles. The molecule has 2 aromatic rings. The molecule has 4 nitrogen and oxygen atoms in total. The Kier molecular flexibility index (Phi) is 5.41. The highest BCUT2D eigenvalue weighted by Crippen LogP contribution is 2.29. The predicted octanol–water partition coefficient (Wildman–Crippen LogP) is 3.67. The van der Waals surface area contributed by atoms with Crippen molar-refractivity contribution in [2.75, 3.05) is 11.9 Å². The topological polar surface area (TPSA) is 58.2 Å². The molecule has 0 spiro atoms. The number of hydrogen-bond donors (Lipinski definition) is 2. The maximum absolute atomic E-state index is 11.9. The first kappa shape index (κ1) is 16.3. The van der Waals surface area contributed by atoms with E-state index >= 15 is 0 Å². The van der Waals surface area contributed by atoms with Crippen molar-refractivity contribution in [2.24, 2.45) is 0 Å². The molecule has 22 heavy (non-hydrogen) atoms. The number of halogens is 2. The molecule has 0 aromatic heterocycles. The highest BCUT2D eigenvalue weighted by molar-refractivity contribution is 6.39. The van der Waals surface area contributed by atoms with E-state index in [1.165, 1.54) is 0 Å². The molecule has 0 atom stereocenters. The standard InChI is InChI=1S/C16H14Cl2N2O2/c1-10-5-7-11(8-6-10)16(22)19-9-14(21)20-15-12(17)3-2-4-13(15)18/h2-8H,9H2,1H3,(H,19,22)(H,20,21). The van der Waals surface area contributed by atoms with Crippen LogP contribution in [0.4, 0.5) is 5.69 Å². The second-order valence-corrected chi connectivity index (χ2v) is 5.51. The van der Waals surface area contributed by atoms with Gasteiger partial charge in [-0.05, 0) is 31.2 Å². The van der Waals surface area contributed by atoms with Crippen molar-refractivity contribution in [1.29, 1.82) is 0 Å². The highest BCUT2D eigenvalue weighted by atomic mass is 35.5. The Hall–Kier alpha value is -2.04. The number of aryl methyl sites for hydroxylation is 1. The summed E-state index contributed by atoms with van der Waals surface area (Å²) in [5.41, 5.74) is 1.89. The van der Waals surface area contributed by atoms with E-state index in [-0.39, 0.29) is 12.5 Å². The summed E-state index contributed by atoms with van der Waals surface area (Å²) in [7, 11) is 0. The van der Waals surface area contributed by atoms with E-state index in [9.17, 15) is 9.59 Å². The van der Waals surface area contributed by atoms with Crippen LogP contribution in [0.5, 0.6) is 0 Å². The zero-order valence-electron chi connectivity index (χ0n) is 11.8. The van der Waals surface area contributed by atoms with Gasteiger partial charge in [-0.2, -0.15) is 0 Å². The fourth-order valence-electron chi connectivity index (χ4n) is 1.77. The second-order valence-electron chi connectivity index (χ2n) is 4.69. The summed E-state index contributed by atoms with van der Waals surface area (Å²) in [6, 6.07) is 12.0. The molecule has 6 heteroatoms. The lowest BCUT2D eigenvalue weighted by atomic mass is 10.1. The summed E-state index contributed by atoms with van der Waals surface area (Å²) in [4.78, 5) is 23.8. The molecule has 0 aliphatic rings. The zero-order valence-corrected chi connectivity index (χ0v) is 13.3. The Bertz CT molecular complexity index is 680. The molecule has 2 N–H and O–H groups in total. The molecule has 0 heterocycles. The Morgan fingerprint density at radius 3 is 2.18 bits per heavy atom. The van der Waals surface area contributed by atoms with Gasteiger partial charge >= 0.3 is 0 Å². The summed E-state index contributed by atoms with van der Waals surface area (Å²) >= 11 is 11.9. The molecule has 0 unspecified atom stereocenters. The molecule has 2 rings (SSSR count). The molecule has 0 bridgehead atoms. The number of para-hydroxylation sites is 1. The van der Waals surface area contributed by atoms with Gasteiger partial charge in [-0.3, -0.25) is 9.59 Å². The number of carbonyl (C=O) groups excluding carboxylic acids is 2. The van der Waals surface area contributed by atoms with Gasteiger partial charge in [0.1, 0.15) is 0 Å². The van der Waals surface area contributed by atoms with Crippen LogP contribution in [0.3, 0.4) is 0 Å².